The zero-order valence-electron chi connectivity index (χ0n) is 19.6. The molecule has 3 N–H and O–H groups in total. The van der Waals surface area contributed by atoms with E-state index in [2.05, 4.69) is 41.0 Å². The van der Waals surface area contributed by atoms with Gasteiger partial charge < -0.3 is 15.5 Å². The Morgan fingerprint density at radius 3 is 2.59 bits per heavy atom. The number of carbonyl (C=O) groups excluding carboxylic acids is 1. The Balaban J connectivity index is 1.60. The Kier molecular flexibility index (Phi) is 5.09. The number of nitrogens with one attached hydrogen (secondary N) is 1. The molecule has 4 heterocycles. The first kappa shape index (κ1) is 22.3. The van der Waals surface area contributed by atoms with Crippen molar-refractivity contribution < 1.29 is 4.79 Å². The fourth-order valence-electron chi connectivity index (χ4n) is 4.35. The highest BCUT2D eigenvalue weighted by atomic mass is 35.5. The monoisotopic (exact) mass is 475 g/mol. The van der Waals surface area contributed by atoms with Crippen LogP contribution in [0.1, 0.15) is 50.9 Å². The molecule has 0 saturated carbocycles. The number of benzene rings is 1. The van der Waals surface area contributed by atoms with Gasteiger partial charge in [-0.15, -0.1) is 0 Å². The number of hydrogen-bond acceptors (Lipinski definition) is 6. The number of hydrogen-bond donors (Lipinski definition) is 2. The average molecular weight is 476 g/mol. The maximum Gasteiger partial charge on any atom is 0.240 e. The number of nitrogen functional groups attached to an aromatic ring is 1. The molecule has 0 aliphatic carbocycles. The summed E-state index contributed by atoms with van der Waals surface area (Å²) in [7, 11) is 0. The second kappa shape index (κ2) is 7.77. The number of carbonyl (C=O) groups is 1. The largest absolute Gasteiger partial charge is 0.383 e. The molecule has 34 heavy (non-hydrogen) atoms. The molecule has 5 rings (SSSR count). The number of fused-ring (bicyclic) bond motifs is 2. The summed E-state index contributed by atoms with van der Waals surface area (Å²) in [6.07, 6.45) is 7.17. The lowest BCUT2D eigenvalue weighted by Gasteiger charge is -2.23. The van der Waals surface area contributed by atoms with E-state index in [1.54, 1.807) is 18.3 Å². The lowest BCUT2D eigenvalue weighted by atomic mass is 9.78. The van der Waals surface area contributed by atoms with E-state index in [0.29, 0.717) is 27.9 Å². The Labute approximate surface area is 202 Å². The van der Waals surface area contributed by atoms with E-state index in [4.69, 9.17) is 22.3 Å². The van der Waals surface area contributed by atoms with Gasteiger partial charge in [-0.05, 0) is 42.9 Å². The Morgan fingerprint density at radius 1 is 1.15 bits per heavy atom. The molecule has 8 nitrogen and oxygen atoms in total. The van der Waals surface area contributed by atoms with Crippen LogP contribution in [-0.4, -0.2) is 30.2 Å². The lowest BCUT2D eigenvalue weighted by molar-refractivity contribution is -0.119. The molecule has 0 radical (unpaired) electrons. The Bertz CT molecular complexity index is 1420. The van der Waals surface area contributed by atoms with Crippen LogP contribution < -0.4 is 11.1 Å². The third-order valence-corrected chi connectivity index (χ3v) is 6.58. The van der Waals surface area contributed by atoms with E-state index in [1.165, 1.54) is 0 Å². The van der Waals surface area contributed by atoms with E-state index in [0.717, 1.165) is 29.7 Å². The standard InChI is InChI=1S/C25H26ClN7O/c1-24(2,3)10-9-16-22-28-11-12-33(22)13-17(29-16)20-30-19(27)18-21(31-20)32-23(34)25(18,4)14-5-7-15(26)8-6-14/h5-8,11-13H,9-10H2,1-4H3,(H3,27,30,31,32,34). The third kappa shape index (κ3) is 3.68. The molecule has 0 spiro atoms. The minimum absolute atomic E-state index is 0.159. The number of aromatic nitrogens is 5. The summed E-state index contributed by atoms with van der Waals surface area (Å²) in [6.45, 7) is 8.41. The lowest BCUT2D eigenvalue weighted by Crippen LogP contribution is -2.32. The van der Waals surface area contributed by atoms with Gasteiger partial charge in [-0.2, -0.15) is 0 Å². The Hall–Kier alpha value is -3.52. The molecule has 0 bridgehead atoms. The van der Waals surface area contributed by atoms with E-state index in [-0.39, 0.29) is 17.1 Å². The van der Waals surface area contributed by atoms with Crippen LogP contribution in [0, 0.1) is 5.41 Å². The summed E-state index contributed by atoms with van der Waals surface area (Å²) in [4.78, 5) is 31.7. The van der Waals surface area contributed by atoms with Crippen molar-refractivity contribution in [2.75, 3.05) is 11.1 Å². The second-order valence-electron chi connectivity index (χ2n) is 10.0. The number of halogens is 1. The maximum atomic E-state index is 13.1. The van der Waals surface area contributed by atoms with Crippen LogP contribution >= 0.6 is 11.6 Å². The summed E-state index contributed by atoms with van der Waals surface area (Å²) >= 11 is 6.05. The van der Waals surface area contributed by atoms with Crippen LogP contribution in [0.5, 0.6) is 0 Å². The third-order valence-electron chi connectivity index (χ3n) is 6.33. The topological polar surface area (TPSA) is 111 Å². The summed E-state index contributed by atoms with van der Waals surface area (Å²) in [5.74, 6) is 0.768. The van der Waals surface area contributed by atoms with Gasteiger partial charge in [-0.25, -0.2) is 19.9 Å². The van der Waals surface area contributed by atoms with Crippen LogP contribution in [0.15, 0.2) is 42.9 Å². The normalized spacial score (nSPS) is 17.7. The van der Waals surface area contributed by atoms with Gasteiger partial charge in [-0.3, -0.25) is 4.79 Å². The minimum atomic E-state index is -1.03. The van der Waals surface area contributed by atoms with Crippen LogP contribution in [0.2, 0.25) is 5.02 Å². The first-order chi connectivity index (χ1) is 16.1. The molecule has 174 valence electrons. The number of aryl methyl sites for hydroxylation is 1. The van der Waals surface area contributed by atoms with Crippen molar-refractivity contribution in [2.24, 2.45) is 5.41 Å². The highest BCUT2D eigenvalue weighted by Gasteiger charge is 2.47. The first-order valence-corrected chi connectivity index (χ1v) is 11.5. The van der Waals surface area contributed by atoms with E-state index < -0.39 is 5.41 Å². The van der Waals surface area contributed by atoms with E-state index in [1.807, 2.05) is 35.9 Å². The average Bonchev–Trinajstić information content (AvgIpc) is 3.35. The van der Waals surface area contributed by atoms with Gasteiger partial charge in [-0.1, -0.05) is 44.5 Å². The fraction of sp³-hybridized carbons (Fsp3) is 0.320. The molecule has 4 aromatic rings. The molecule has 0 saturated heterocycles. The van der Waals surface area contributed by atoms with Gasteiger partial charge in [0.15, 0.2) is 11.5 Å². The van der Waals surface area contributed by atoms with Crippen molar-refractivity contribution in [1.29, 1.82) is 0 Å². The molecule has 1 aliphatic rings. The molecule has 3 aromatic heterocycles. The zero-order chi connectivity index (χ0) is 24.3. The molecule has 1 amide bonds. The minimum Gasteiger partial charge on any atom is -0.383 e. The van der Waals surface area contributed by atoms with Gasteiger partial charge in [0.25, 0.3) is 0 Å². The molecule has 1 atom stereocenters. The van der Waals surface area contributed by atoms with Crippen LogP contribution in [0.25, 0.3) is 17.2 Å². The van der Waals surface area contributed by atoms with Gasteiger partial charge >= 0.3 is 0 Å². The van der Waals surface area contributed by atoms with Crippen molar-refractivity contribution in [3.8, 4) is 11.5 Å². The number of imidazole rings is 1. The smallest absolute Gasteiger partial charge is 0.240 e. The van der Waals surface area contributed by atoms with Crippen LogP contribution in [-0.2, 0) is 16.6 Å². The van der Waals surface area contributed by atoms with Crippen molar-refractivity contribution in [3.05, 3.63) is 64.7 Å². The molecule has 1 unspecified atom stereocenters. The summed E-state index contributed by atoms with van der Waals surface area (Å²) in [5, 5.41) is 3.49. The molecular weight excluding hydrogens is 450 g/mol. The Morgan fingerprint density at radius 2 is 1.88 bits per heavy atom. The van der Waals surface area contributed by atoms with Crippen molar-refractivity contribution in [1.82, 2.24) is 24.3 Å². The van der Waals surface area contributed by atoms with Crippen molar-refractivity contribution in [2.45, 2.75) is 46.0 Å². The summed E-state index contributed by atoms with van der Waals surface area (Å²) in [5.41, 5.74) is 9.15. The maximum absolute atomic E-state index is 13.1. The second-order valence-corrected chi connectivity index (χ2v) is 10.5. The quantitative estimate of drug-likeness (QED) is 0.444. The number of anilines is 2. The number of nitrogens with two attached hydrogens (primary N) is 1. The van der Waals surface area contributed by atoms with Gasteiger partial charge in [0.2, 0.25) is 5.91 Å². The predicted molar refractivity (Wildman–Crippen MR) is 133 cm³/mol. The van der Waals surface area contributed by atoms with Crippen molar-refractivity contribution >= 4 is 34.8 Å². The SMILES string of the molecule is CC(C)(C)CCc1nc(-c2nc(N)c3c(n2)NC(=O)C3(C)c2ccc(Cl)cc2)cn2ccnc12. The van der Waals surface area contributed by atoms with E-state index in [9.17, 15) is 4.79 Å². The van der Waals surface area contributed by atoms with Crippen LogP contribution in [0.4, 0.5) is 11.6 Å². The van der Waals surface area contributed by atoms with Gasteiger partial charge in [0, 0.05) is 23.6 Å². The highest BCUT2D eigenvalue weighted by Crippen LogP contribution is 2.45. The molecule has 0 fully saturated rings. The zero-order valence-corrected chi connectivity index (χ0v) is 20.3. The van der Waals surface area contributed by atoms with Gasteiger partial charge in [0.05, 0.1) is 11.3 Å². The number of nitrogens with zero attached hydrogens (tertiary/aromatic N) is 5. The first-order valence-electron chi connectivity index (χ1n) is 11.1. The molecule has 1 aliphatic heterocycles. The summed E-state index contributed by atoms with van der Waals surface area (Å²) in [6, 6.07) is 7.14. The molecule has 1 aromatic carbocycles. The highest BCUT2D eigenvalue weighted by molar-refractivity contribution is 6.30. The van der Waals surface area contributed by atoms with Crippen molar-refractivity contribution in [3.63, 3.8) is 0 Å². The predicted octanol–water partition coefficient (Wildman–Crippen LogP) is 4.66. The molecule has 9 heteroatoms. The fourth-order valence-corrected chi connectivity index (χ4v) is 4.47. The number of rotatable bonds is 4. The molecular formula is C25H26ClN7O. The number of amides is 1. The summed E-state index contributed by atoms with van der Waals surface area (Å²) < 4.78 is 1.92. The van der Waals surface area contributed by atoms with E-state index >= 15 is 0 Å². The van der Waals surface area contributed by atoms with Crippen LogP contribution in [0.3, 0.4) is 0 Å². The van der Waals surface area contributed by atoms with Gasteiger partial charge in [0.1, 0.15) is 22.7 Å².